The van der Waals surface area contributed by atoms with E-state index >= 15 is 0 Å². The molecule has 9 heteroatoms. The minimum Gasteiger partial charge on any atom is -0.497 e. The first-order valence-electron chi connectivity index (χ1n) is 11.8. The van der Waals surface area contributed by atoms with Gasteiger partial charge in [0.1, 0.15) is 11.6 Å². The van der Waals surface area contributed by atoms with Gasteiger partial charge < -0.3 is 26.4 Å². The number of anilines is 4. The average molecular weight is 472 g/mol. The summed E-state index contributed by atoms with van der Waals surface area (Å²) in [5.41, 5.74) is 9.67. The van der Waals surface area contributed by atoms with Gasteiger partial charge in [-0.05, 0) is 62.1 Å². The number of aromatic nitrogens is 3. The van der Waals surface area contributed by atoms with Gasteiger partial charge >= 0.3 is 0 Å². The first-order chi connectivity index (χ1) is 17.1. The second-order valence-electron chi connectivity index (χ2n) is 8.78. The maximum atomic E-state index is 12.7. The number of nitrogens with one attached hydrogen (secondary N) is 3. The number of nitrogens with zero attached hydrogens (tertiary/aromatic N) is 3. The summed E-state index contributed by atoms with van der Waals surface area (Å²) in [7, 11) is 1.59. The smallest absolute Gasteiger partial charge is 0.255 e. The van der Waals surface area contributed by atoms with E-state index in [0.717, 1.165) is 48.5 Å². The fourth-order valence-corrected chi connectivity index (χ4v) is 4.32. The lowest BCUT2D eigenvalue weighted by atomic mass is 9.92. The molecule has 1 amide bonds. The Morgan fingerprint density at radius 2 is 1.86 bits per heavy atom. The normalized spacial score (nSPS) is 17.7. The Morgan fingerprint density at radius 1 is 1.06 bits per heavy atom. The number of carbonyl (C=O) groups is 1. The van der Waals surface area contributed by atoms with Crippen molar-refractivity contribution < 1.29 is 9.53 Å². The summed E-state index contributed by atoms with van der Waals surface area (Å²) >= 11 is 0. The van der Waals surface area contributed by atoms with Crippen LogP contribution in [-0.2, 0) is 0 Å². The Kier molecular flexibility index (Phi) is 6.49. The van der Waals surface area contributed by atoms with Gasteiger partial charge in [-0.1, -0.05) is 6.07 Å². The third-order valence-corrected chi connectivity index (χ3v) is 6.24. The number of amides is 1. The van der Waals surface area contributed by atoms with Gasteiger partial charge in [0.15, 0.2) is 5.65 Å². The second kappa shape index (κ2) is 10.0. The van der Waals surface area contributed by atoms with Crippen LogP contribution >= 0.6 is 0 Å². The molecule has 9 nitrogen and oxygen atoms in total. The molecule has 0 aliphatic heterocycles. The molecule has 35 heavy (non-hydrogen) atoms. The van der Waals surface area contributed by atoms with Gasteiger partial charge in [0.05, 0.1) is 12.8 Å². The number of hydrogen-bond donors (Lipinski definition) is 4. The summed E-state index contributed by atoms with van der Waals surface area (Å²) in [6.07, 6.45) is 7.67. The molecule has 2 aromatic heterocycles. The summed E-state index contributed by atoms with van der Waals surface area (Å²) in [6.45, 7) is 0. The molecule has 1 saturated carbocycles. The van der Waals surface area contributed by atoms with Crippen molar-refractivity contribution in [1.29, 1.82) is 0 Å². The standard InChI is InChI=1S/C26H29N7O2/c1-35-22-4-2-3-21(15-22)31-26(34)17-5-9-19(10-6-17)29-23-16-24(32-33-14-13-28-25(23)33)30-20-11-7-18(27)8-12-20/h2-6,9-10,13-16,18,20,29H,7-8,11-12,27H2,1H3,(H,30,32)(H,31,34)/t18-,20-. The molecular weight excluding hydrogens is 442 g/mol. The van der Waals surface area contributed by atoms with Crippen LogP contribution in [0.5, 0.6) is 5.75 Å². The summed E-state index contributed by atoms with van der Waals surface area (Å²) in [5.74, 6) is 1.28. The molecule has 5 N–H and O–H groups in total. The number of benzene rings is 2. The molecule has 2 heterocycles. The summed E-state index contributed by atoms with van der Waals surface area (Å²) in [5, 5.41) is 14.5. The van der Waals surface area contributed by atoms with Crippen LogP contribution in [0.15, 0.2) is 67.0 Å². The predicted octanol–water partition coefficient (Wildman–Crippen LogP) is 4.42. The van der Waals surface area contributed by atoms with Gasteiger partial charge in [-0.25, -0.2) is 9.50 Å². The number of fused-ring (bicyclic) bond motifs is 1. The molecule has 0 spiro atoms. The third kappa shape index (κ3) is 5.36. The second-order valence-corrected chi connectivity index (χ2v) is 8.78. The SMILES string of the molecule is COc1cccc(NC(=O)c2ccc(Nc3cc(N[C@H]4CC[C@H](N)CC4)nn4ccnc34)cc2)c1. The number of methoxy groups -OCH3 is 1. The molecule has 180 valence electrons. The molecule has 0 radical (unpaired) electrons. The van der Waals surface area contributed by atoms with Crippen LogP contribution in [0.3, 0.4) is 0 Å². The van der Waals surface area contributed by atoms with E-state index in [1.807, 2.05) is 42.6 Å². The summed E-state index contributed by atoms with van der Waals surface area (Å²) < 4.78 is 6.97. The monoisotopic (exact) mass is 471 g/mol. The van der Waals surface area contributed by atoms with Crippen molar-refractivity contribution in [2.45, 2.75) is 37.8 Å². The highest BCUT2D eigenvalue weighted by Crippen LogP contribution is 2.26. The Balaban J connectivity index is 1.29. The highest BCUT2D eigenvalue weighted by Gasteiger charge is 2.19. The van der Waals surface area contributed by atoms with Crippen molar-refractivity contribution in [1.82, 2.24) is 14.6 Å². The van der Waals surface area contributed by atoms with E-state index in [1.165, 1.54) is 0 Å². The Hall–Kier alpha value is -4.11. The Bertz CT molecular complexity index is 1310. The van der Waals surface area contributed by atoms with Crippen LogP contribution in [0.2, 0.25) is 0 Å². The van der Waals surface area contributed by atoms with Crippen LogP contribution in [0.25, 0.3) is 5.65 Å². The quantitative estimate of drug-likeness (QED) is 0.315. The number of ether oxygens (including phenoxy) is 1. The van der Waals surface area contributed by atoms with E-state index < -0.39 is 0 Å². The minimum absolute atomic E-state index is 0.192. The zero-order chi connectivity index (χ0) is 24.2. The van der Waals surface area contributed by atoms with Gasteiger partial charge in [-0.15, -0.1) is 5.10 Å². The number of nitrogens with two attached hydrogens (primary N) is 1. The van der Waals surface area contributed by atoms with Crippen molar-refractivity contribution >= 4 is 34.4 Å². The van der Waals surface area contributed by atoms with E-state index in [1.54, 1.807) is 36.0 Å². The van der Waals surface area contributed by atoms with Crippen molar-refractivity contribution in [2.75, 3.05) is 23.1 Å². The zero-order valence-electron chi connectivity index (χ0n) is 19.6. The zero-order valence-corrected chi connectivity index (χ0v) is 19.6. The maximum absolute atomic E-state index is 12.7. The third-order valence-electron chi connectivity index (χ3n) is 6.24. The van der Waals surface area contributed by atoms with Crippen molar-refractivity contribution in [2.24, 2.45) is 5.73 Å². The Morgan fingerprint density at radius 3 is 2.63 bits per heavy atom. The largest absolute Gasteiger partial charge is 0.497 e. The van der Waals surface area contributed by atoms with E-state index in [4.69, 9.17) is 10.5 Å². The molecule has 4 aromatic rings. The summed E-state index contributed by atoms with van der Waals surface area (Å²) in [4.78, 5) is 17.1. The molecule has 2 aromatic carbocycles. The topological polar surface area (TPSA) is 119 Å². The van der Waals surface area contributed by atoms with Crippen molar-refractivity contribution in [3.05, 3.63) is 72.6 Å². The molecule has 0 atom stereocenters. The van der Waals surface area contributed by atoms with Crippen LogP contribution < -0.4 is 26.4 Å². The molecule has 1 fully saturated rings. The lowest BCUT2D eigenvalue weighted by molar-refractivity contribution is 0.102. The van der Waals surface area contributed by atoms with Gasteiger partial charge in [0.2, 0.25) is 0 Å². The van der Waals surface area contributed by atoms with Gasteiger partial charge in [0, 0.05) is 53.5 Å². The molecule has 5 rings (SSSR count). The van der Waals surface area contributed by atoms with Gasteiger partial charge in [-0.3, -0.25) is 4.79 Å². The molecule has 0 saturated heterocycles. The minimum atomic E-state index is -0.192. The average Bonchev–Trinajstić information content (AvgIpc) is 3.35. The first kappa shape index (κ1) is 22.7. The number of rotatable bonds is 7. The number of carbonyl (C=O) groups excluding carboxylic acids is 1. The fraction of sp³-hybridized carbons (Fsp3) is 0.269. The lowest BCUT2D eigenvalue weighted by Gasteiger charge is -2.27. The predicted molar refractivity (Wildman–Crippen MR) is 138 cm³/mol. The highest BCUT2D eigenvalue weighted by atomic mass is 16.5. The van der Waals surface area contributed by atoms with Gasteiger partial charge in [-0.2, -0.15) is 0 Å². The molecule has 0 unspecified atom stereocenters. The van der Waals surface area contributed by atoms with Crippen LogP contribution in [0.4, 0.5) is 22.9 Å². The molecule has 1 aliphatic carbocycles. The van der Waals surface area contributed by atoms with Crippen LogP contribution in [0, 0.1) is 0 Å². The maximum Gasteiger partial charge on any atom is 0.255 e. The lowest BCUT2D eigenvalue weighted by Crippen LogP contribution is -2.33. The van der Waals surface area contributed by atoms with Crippen molar-refractivity contribution in [3.63, 3.8) is 0 Å². The number of imidazole rings is 1. The highest BCUT2D eigenvalue weighted by molar-refractivity contribution is 6.04. The van der Waals surface area contributed by atoms with E-state index in [2.05, 4.69) is 26.0 Å². The summed E-state index contributed by atoms with van der Waals surface area (Å²) in [6, 6.07) is 17.2. The van der Waals surface area contributed by atoms with Crippen LogP contribution in [0.1, 0.15) is 36.0 Å². The number of hydrogen-bond acceptors (Lipinski definition) is 7. The van der Waals surface area contributed by atoms with E-state index in [-0.39, 0.29) is 5.91 Å². The van der Waals surface area contributed by atoms with Crippen molar-refractivity contribution in [3.8, 4) is 5.75 Å². The molecule has 0 bridgehead atoms. The fourth-order valence-electron chi connectivity index (χ4n) is 4.32. The molecule has 1 aliphatic rings. The van der Waals surface area contributed by atoms with E-state index in [0.29, 0.717) is 29.1 Å². The first-order valence-corrected chi connectivity index (χ1v) is 11.8. The Labute approximate surface area is 203 Å². The van der Waals surface area contributed by atoms with Gasteiger partial charge in [0.25, 0.3) is 5.91 Å². The van der Waals surface area contributed by atoms with Crippen LogP contribution in [-0.4, -0.2) is 39.7 Å². The van der Waals surface area contributed by atoms with E-state index in [9.17, 15) is 4.79 Å². The molecular formula is C26H29N7O2.